The molecule has 1 saturated carbocycles. The third-order valence-corrected chi connectivity index (χ3v) is 2.98. The third kappa shape index (κ3) is 1.99. The summed E-state index contributed by atoms with van der Waals surface area (Å²) in [6.07, 6.45) is 2.81. The predicted molar refractivity (Wildman–Crippen MR) is 42.2 cm³/mol. The van der Waals surface area contributed by atoms with Crippen LogP contribution in [0.3, 0.4) is 0 Å². The van der Waals surface area contributed by atoms with Gasteiger partial charge in [-0.3, -0.25) is 4.79 Å². The van der Waals surface area contributed by atoms with Crippen molar-refractivity contribution in [2.45, 2.75) is 24.5 Å². The summed E-state index contributed by atoms with van der Waals surface area (Å²) in [6, 6.07) is 0. The van der Waals surface area contributed by atoms with Crippen LogP contribution in [0.25, 0.3) is 0 Å². The number of aliphatic hydroxyl groups is 1. The van der Waals surface area contributed by atoms with Crippen molar-refractivity contribution < 1.29 is 9.90 Å². The summed E-state index contributed by atoms with van der Waals surface area (Å²) in [5, 5.41) is 8.68. The van der Waals surface area contributed by atoms with Gasteiger partial charge in [0.25, 0.3) is 0 Å². The van der Waals surface area contributed by atoms with E-state index >= 15 is 0 Å². The van der Waals surface area contributed by atoms with E-state index in [9.17, 15) is 4.79 Å². The highest BCUT2D eigenvalue weighted by atomic mass is 32.2. The summed E-state index contributed by atoms with van der Waals surface area (Å²) < 4.78 is 0. The lowest BCUT2D eigenvalue weighted by Gasteiger charge is -2.04. The Morgan fingerprint density at radius 3 is 3.00 bits per heavy atom. The van der Waals surface area contributed by atoms with E-state index in [1.807, 2.05) is 0 Å². The predicted octanol–water partition coefficient (Wildman–Crippen LogP) is 0.833. The molecular weight excluding hydrogens is 148 g/mol. The van der Waals surface area contributed by atoms with Gasteiger partial charge in [-0.05, 0) is 12.8 Å². The second kappa shape index (κ2) is 3.98. The number of carbonyl (C=O) groups is 1. The van der Waals surface area contributed by atoms with Gasteiger partial charge in [0.1, 0.15) is 5.78 Å². The summed E-state index contributed by atoms with van der Waals surface area (Å²) in [7, 11) is 0. The number of rotatable bonds is 3. The van der Waals surface area contributed by atoms with Crippen molar-refractivity contribution in [2.24, 2.45) is 0 Å². The van der Waals surface area contributed by atoms with E-state index in [0.29, 0.717) is 11.5 Å². The van der Waals surface area contributed by atoms with E-state index in [-0.39, 0.29) is 11.9 Å². The Bertz CT molecular complexity index is 125. The van der Waals surface area contributed by atoms with Crippen molar-refractivity contribution in [3.8, 4) is 0 Å². The van der Waals surface area contributed by atoms with Gasteiger partial charge in [0, 0.05) is 12.2 Å². The average molecular weight is 160 g/mol. The highest BCUT2D eigenvalue weighted by Crippen LogP contribution is 2.25. The lowest BCUT2D eigenvalue weighted by atomic mass is 10.3. The van der Waals surface area contributed by atoms with E-state index in [0.717, 1.165) is 19.3 Å². The first-order valence-corrected chi connectivity index (χ1v) is 4.64. The normalized spacial score (nSPS) is 25.7. The molecule has 0 aromatic heterocycles. The highest BCUT2D eigenvalue weighted by molar-refractivity contribution is 8.00. The van der Waals surface area contributed by atoms with Crippen LogP contribution < -0.4 is 0 Å². The van der Waals surface area contributed by atoms with Crippen LogP contribution in [0.2, 0.25) is 0 Å². The number of aliphatic hydroxyl groups excluding tert-OH is 1. The van der Waals surface area contributed by atoms with Gasteiger partial charge < -0.3 is 5.11 Å². The molecule has 0 amide bonds. The van der Waals surface area contributed by atoms with Crippen LogP contribution in [-0.2, 0) is 4.79 Å². The number of ketones is 1. The largest absolute Gasteiger partial charge is 0.396 e. The minimum absolute atomic E-state index is 0.189. The molecule has 0 bridgehead atoms. The maximum absolute atomic E-state index is 11.0. The monoisotopic (exact) mass is 160 g/mol. The minimum atomic E-state index is 0.189. The molecule has 0 aliphatic heterocycles. The van der Waals surface area contributed by atoms with Gasteiger partial charge in [-0.1, -0.05) is 0 Å². The molecule has 0 aromatic carbocycles. The van der Waals surface area contributed by atoms with E-state index in [2.05, 4.69) is 0 Å². The van der Waals surface area contributed by atoms with Gasteiger partial charge in [0.05, 0.1) is 11.9 Å². The zero-order valence-electron chi connectivity index (χ0n) is 5.88. The number of thioether (sulfide) groups is 1. The first kappa shape index (κ1) is 8.08. The fourth-order valence-electron chi connectivity index (χ4n) is 1.15. The zero-order chi connectivity index (χ0) is 7.40. The Balaban J connectivity index is 2.20. The number of Topliss-reactive ketones (excluding diaryl/α,β-unsaturated/α-hetero) is 1. The molecule has 1 rings (SSSR count). The lowest BCUT2D eigenvalue weighted by Crippen LogP contribution is -2.09. The van der Waals surface area contributed by atoms with Crippen LogP contribution in [0.5, 0.6) is 0 Å². The quantitative estimate of drug-likeness (QED) is 0.664. The Kier molecular flexibility index (Phi) is 3.22. The molecule has 0 saturated heterocycles. The van der Waals surface area contributed by atoms with Crippen LogP contribution >= 0.6 is 11.8 Å². The molecule has 1 aliphatic rings. The fourth-order valence-corrected chi connectivity index (χ4v) is 2.18. The Hall–Kier alpha value is -0.0200. The van der Waals surface area contributed by atoms with Crippen molar-refractivity contribution in [1.29, 1.82) is 0 Å². The maximum Gasteiger partial charge on any atom is 0.145 e. The van der Waals surface area contributed by atoms with Crippen LogP contribution in [0, 0.1) is 0 Å². The van der Waals surface area contributed by atoms with E-state index < -0.39 is 0 Å². The molecule has 58 valence electrons. The van der Waals surface area contributed by atoms with Crippen LogP contribution in [0.15, 0.2) is 0 Å². The molecule has 0 spiro atoms. The minimum Gasteiger partial charge on any atom is -0.396 e. The fraction of sp³-hybridized carbons (Fsp3) is 0.857. The summed E-state index contributed by atoms with van der Waals surface area (Å²) in [5.41, 5.74) is 0. The van der Waals surface area contributed by atoms with E-state index in [1.165, 1.54) is 0 Å². The summed E-state index contributed by atoms with van der Waals surface area (Å²) >= 11 is 1.59. The smallest absolute Gasteiger partial charge is 0.145 e. The first-order valence-electron chi connectivity index (χ1n) is 3.60. The molecule has 0 radical (unpaired) electrons. The molecule has 3 heteroatoms. The molecule has 1 aliphatic carbocycles. The van der Waals surface area contributed by atoms with Gasteiger partial charge in [-0.15, -0.1) is 11.8 Å². The lowest BCUT2D eigenvalue weighted by molar-refractivity contribution is -0.116. The molecule has 1 atom stereocenters. The second-order valence-corrected chi connectivity index (χ2v) is 3.75. The van der Waals surface area contributed by atoms with Crippen LogP contribution in [0.1, 0.15) is 19.3 Å². The summed E-state index contributed by atoms with van der Waals surface area (Å²) in [6.45, 7) is 0.189. The number of hydrogen-bond donors (Lipinski definition) is 1. The summed E-state index contributed by atoms with van der Waals surface area (Å²) in [5.74, 6) is 1.08. The molecule has 0 aromatic rings. The van der Waals surface area contributed by atoms with Gasteiger partial charge in [-0.2, -0.15) is 0 Å². The van der Waals surface area contributed by atoms with Gasteiger partial charge in [0.2, 0.25) is 0 Å². The first-order chi connectivity index (χ1) is 4.84. The van der Waals surface area contributed by atoms with Gasteiger partial charge in [-0.25, -0.2) is 0 Å². The average Bonchev–Trinajstić information content (AvgIpc) is 2.31. The molecule has 1 N–H and O–H groups in total. The van der Waals surface area contributed by atoms with Gasteiger partial charge in [0.15, 0.2) is 0 Å². The molecular formula is C7H12O2S. The van der Waals surface area contributed by atoms with Crippen LogP contribution in [0.4, 0.5) is 0 Å². The topological polar surface area (TPSA) is 37.3 Å². The van der Waals surface area contributed by atoms with Gasteiger partial charge >= 0.3 is 0 Å². The van der Waals surface area contributed by atoms with Crippen molar-refractivity contribution in [2.75, 3.05) is 12.4 Å². The maximum atomic E-state index is 11.0. The Labute approximate surface area is 65.0 Å². The number of hydrogen-bond acceptors (Lipinski definition) is 3. The Morgan fingerprint density at radius 1 is 1.70 bits per heavy atom. The molecule has 10 heavy (non-hydrogen) atoms. The molecule has 0 heterocycles. The van der Waals surface area contributed by atoms with E-state index in [1.54, 1.807) is 11.8 Å². The van der Waals surface area contributed by atoms with Crippen molar-refractivity contribution in [3.05, 3.63) is 0 Å². The SMILES string of the molecule is O=C1CCCC1SCCO. The zero-order valence-corrected chi connectivity index (χ0v) is 6.69. The van der Waals surface area contributed by atoms with E-state index in [4.69, 9.17) is 5.11 Å². The summed E-state index contributed by atoms with van der Waals surface area (Å²) in [4.78, 5) is 11.0. The molecule has 1 fully saturated rings. The Morgan fingerprint density at radius 2 is 2.50 bits per heavy atom. The van der Waals surface area contributed by atoms with Crippen LogP contribution in [-0.4, -0.2) is 28.5 Å². The van der Waals surface area contributed by atoms with Crippen molar-refractivity contribution >= 4 is 17.5 Å². The standard InChI is InChI=1S/C7H12O2S/c8-4-5-10-7-3-1-2-6(7)9/h7-8H,1-5H2. The third-order valence-electron chi connectivity index (χ3n) is 1.66. The molecule has 2 nitrogen and oxygen atoms in total. The number of carbonyl (C=O) groups excluding carboxylic acids is 1. The highest BCUT2D eigenvalue weighted by Gasteiger charge is 2.23. The second-order valence-electron chi connectivity index (χ2n) is 2.44. The van der Waals surface area contributed by atoms with Crippen molar-refractivity contribution in [1.82, 2.24) is 0 Å². The van der Waals surface area contributed by atoms with Crippen molar-refractivity contribution in [3.63, 3.8) is 0 Å². The molecule has 1 unspecified atom stereocenters.